The first-order valence-corrected chi connectivity index (χ1v) is 9.38. The van der Waals surface area contributed by atoms with Gasteiger partial charge < -0.3 is 15.2 Å². The molecule has 1 rings (SSSR count). The van der Waals surface area contributed by atoms with E-state index in [4.69, 9.17) is 15.2 Å². The van der Waals surface area contributed by atoms with Crippen LogP contribution in [-0.2, 0) is 14.3 Å². The molecule has 1 N–H and O–H groups in total. The van der Waals surface area contributed by atoms with Gasteiger partial charge in [0.15, 0.2) is 6.29 Å². The second kappa shape index (κ2) is 11.7. The van der Waals surface area contributed by atoms with E-state index in [2.05, 4.69) is 25.7 Å². The third-order valence-corrected chi connectivity index (χ3v) is 6.09. The minimum atomic E-state index is -0.245. The van der Waals surface area contributed by atoms with Crippen LogP contribution >= 0.6 is 0 Å². The molecule has 1 heterocycles. The van der Waals surface area contributed by atoms with Crippen LogP contribution in [-0.4, -0.2) is 55.4 Å². The molecule has 5 atom stereocenters. The number of ether oxygens (including phenoxy) is 2. The predicted molar refractivity (Wildman–Crippen MR) is 98.0 cm³/mol. The zero-order valence-electron chi connectivity index (χ0n) is 17.2. The van der Waals surface area contributed by atoms with Gasteiger partial charge in [-0.05, 0) is 51.6 Å². The summed E-state index contributed by atoms with van der Waals surface area (Å²) in [6.45, 7) is 13.2. The summed E-state index contributed by atoms with van der Waals surface area (Å²) in [5.41, 5.74) is 8.89. The van der Waals surface area contributed by atoms with Crippen molar-refractivity contribution in [1.29, 1.82) is 0 Å². The maximum absolute atomic E-state index is 12.0. The van der Waals surface area contributed by atoms with E-state index in [1.807, 2.05) is 20.9 Å². The van der Waals surface area contributed by atoms with Crippen LogP contribution in [0.15, 0.2) is 0 Å². The van der Waals surface area contributed by atoms with Crippen LogP contribution in [0.2, 0.25) is 0 Å². The maximum Gasteiger partial charge on any atom is 0.154 e. The van der Waals surface area contributed by atoms with Gasteiger partial charge in [0.1, 0.15) is 5.78 Å². The smallest absolute Gasteiger partial charge is 0.154 e. The fraction of sp³-hybridized carbons (Fsp3) is 0.947. The fourth-order valence-electron chi connectivity index (χ4n) is 3.90. The Hall–Kier alpha value is 0.952. The first-order valence-electron chi connectivity index (χ1n) is 9.38. The summed E-state index contributed by atoms with van der Waals surface area (Å²) in [7, 11) is 2.00. The number of carbonyl (C=O) groups is 1. The number of ketones is 1. The van der Waals surface area contributed by atoms with Crippen molar-refractivity contribution in [2.24, 2.45) is 11.3 Å². The molecular formula is C19H37AcN2O3-. The van der Waals surface area contributed by atoms with E-state index >= 15 is 0 Å². The Balaban J connectivity index is 0.00000576. The van der Waals surface area contributed by atoms with Gasteiger partial charge in [-0.25, -0.2) is 0 Å². The van der Waals surface area contributed by atoms with Gasteiger partial charge in [0.2, 0.25) is 0 Å². The van der Waals surface area contributed by atoms with Gasteiger partial charge in [-0.1, -0.05) is 33.6 Å². The van der Waals surface area contributed by atoms with Crippen LogP contribution in [0.1, 0.15) is 60.8 Å². The molecule has 5 nitrogen and oxygen atoms in total. The Morgan fingerprint density at radius 1 is 1.28 bits per heavy atom. The zero-order chi connectivity index (χ0) is 18.5. The third kappa shape index (κ3) is 6.50. The van der Waals surface area contributed by atoms with Crippen molar-refractivity contribution >= 4 is 5.78 Å². The Morgan fingerprint density at radius 2 is 1.84 bits per heavy atom. The number of Topliss-reactive ketones (excluding diaryl/α,β-unsaturated/α-hetero) is 1. The molecule has 0 aromatic carbocycles. The maximum atomic E-state index is 12.0. The number of carbonyl (C=O) groups excluding carboxylic acids is 1. The molecule has 1 fully saturated rings. The van der Waals surface area contributed by atoms with Gasteiger partial charge in [-0.15, -0.1) is 6.04 Å². The van der Waals surface area contributed by atoms with Crippen LogP contribution in [0.25, 0.3) is 5.73 Å². The molecule has 0 aliphatic carbocycles. The first kappa shape index (κ1) is 26.0. The van der Waals surface area contributed by atoms with E-state index in [-0.39, 0.29) is 85.6 Å². The molecule has 1 saturated heterocycles. The average Bonchev–Trinajstić information content (AvgIpc) is 2.88. The molecule has 6 heteroatoms. The Morgan fingerprint density at radius 3 is 2.28 bits per heavy atom. The third-order valence-electron chi connectivity index (χ3n) is 6.09. The number of likely N-dealkylation sites (tertiary alicyclic amines) is 1. The van der Waals surface area contributed by atoms with Gasteiger partial charge in [-0.2, -0.15) is 0 Å². The Bertz CT molecular complexity index is 404. The summed E-state index contributed by atoms with van der Waals surface area (Å²) in [5, 5.41) is 0. The van der Waals surface area contributed by atoms with Gasteiger partial charge in [0, 0.05) is 50.7 Å². The van der Waals surface area contributed by atoms with Crippen LogP contribution in [0.5, 0.6) is 0 Å². The molecule has 0 bridgehead atoms. The van der Waals surface area contributed by atoms with Crippen molar-refractivity contribution < 1.29 is 58.3 Å². The summed E-state index contributed by atoms with van der Waals surface area (Å²) in [4.78, 5) is 14.2. The van der Waals surface area contributed by atoms with E-state index in [1.54, 1.807) is 6.92 Å². The molecule has 1 aliphatic heterocycles. The quantitative estimate of drug-likeness (QED) is 0.375. The van der Waals surface area contributed by atoms with Crippen LogP contribution in [0.3, 0.4) is 0 Å². The molecule has 25 heavy (non-hydrogen) atoms. The molecule has 1 aliphatic rings. The molecule has 1 radical (unpaired) electrons. The molecule has 0 amide bonds. The van der Waals surface area contributed by atoms with Gasteiger partial charge in [-0.3, -0.25) is 9.69 Å². The number of hydrogen-bond donors (Lipinski definition) is 0. The molecule has 0 spiro atoms. The number of hydrogen-bond acceptors (Lipinski definition) is 4. The van der Waals surface area contributed by atoms with E-state index < -0.39 is 0 Å². The molecule has 1 unspecified atom stereocenters. The minimum absolute atomic E-state index is 0. The van der Waals surface area contributed by atoms with Crippen molar-refractivity contribution in [2.45, 2.75) is 85.2 Å². The van der Waals surface area contributed by atoms with Crippen LogP contribution < -0.4 is 0 Å². The Labute approximate surface area is 190 Å². The number of nitrogens with zero attached hydrogens (tertiary/aromatic N) is 1. The SMILES string of the molecule is CCOC(C)OC[C@@H]1C[C@H](C(C)=O)N(C)[C@H]1[C@@H]([NH-])C(C)(CC)CC.[Ac]. The topological polar surface area (TPSA) is 62.6 Å². The summed E-state index contributed by atoms with van der Waals surface area (Å²) >= 11 is 0. The molecule has 0 saturated carbocycles. The predicted octanol–water partition coefficient (Wildman–Crippen LogP) is 3.91. The summed E-state index contributed by atoms with van der Waals surface area (Å²) in [5.74, 6) is 0.372. The van der Waals surface area contributed by atoms with Crippen molar-refractivity contribution in [3.05, 3.63) is 5.73 Å². The molecule has 0 aromatic rings. The average molecular weight is 569 g/mol. The number of nitrogens with one attached hydrogen (secondary N) is 1. The summed E-state index contributed by atoms with van der Waals surface area (Å²) in [6, 6.07) is -0.299. The van der Waals surface area contributed by atoms with Crippen molar-refractivity contribution in [2.75, 3.05) is 20.3 Å². The number of likely N-dealkylation sites (N-methyl/N-ethyl adjacent to an activating group) is 1. The van der Waals surface area contributed by atoms with E-state index in [1.165, 1.54) is 0 Å². The van der Waals surface area contributed by atoms with Gasteiger partial charge in [0.05, 0.1) is 12.6 Å². The monoisotopic (exact) mass is 568 g/mol. The zero-order valence-corrected chi connectivity index (χ0v) is 21.9. The van der Waals surface area contributed by atoms with E-state index in [9.17, 15) is 4.79 Å². The van der Waals surface area contributed by atoms with Crippen molar-refractivity contribution in [3.63, 3.8) is 0 Å². The largest absolute Gasteiger partial charge is 0.673 e. The standard InChI is InChI=1S/C19H37N2O3.Ac/c1-8-19(6,9-2)18(20)17-15(12-24-14(5)23-10-3)11-16(13(4)22)21(17)7;/h14-18,20H,8-12H2,1-7H3;/q-1;/t14?,15-,16+,17+,18+;/m0./s1. The normalized spacial score (nSPS) is 27.0. The first-order chi connectivity index (χ1) is 11.2. The summed E-state index contributed by atoms with van der Waals surface area (Å²) < 4.78 is 11.3. The van der Waals surface area contributed by atoms with Crippen LogP contribution in [0.4, 0.5) is 0 Å². The second-order valence-electron chi connectivity index (χ2n) is 7.47. The van der Waals surface area contributed by atoms with Crippen molar-refractivity contribution in [3.8, 4) is 0 Å². The fourth-order valence-corrected chi connectivity index (χ4v) is 3.90. The number of rotatable bonds is 10. The molecule has 0 aromatic heterocycles. The molecule has 145 valence electrons. The Kier molecular flexibility index (Phi) is 12.2. The van der Waals surface area contributed by atoms with E-state index in [0.717, 1.165) is 19.3 Å². The minimum Gasteiger partial charge on any atom is -0.673 e. The van der Waals surface area contributed by atoms with Gasteiger partial charge in [0.25, 0.3) is 0 Å². The second-order valence-corrected chi connectivity index (χ2v) is 7.47. The van der Waals surface area contributed by atoms with Gasteiger partial charge >= 0.3 is 0 Å². The van der Waals surface area contributed by atoms with Crippen LogP contribution in [0, 0.1) is 55.4 Å². The van der Waals surface area contributed by atoms with E-state index in [0.29, 0.717) is 13.2 Å². The molecular weight excluding hydrogens is 531 g/mol. The summed E-state index contributed by atoms with van der Waals surface area (Å²) in [6.07, 6.45) is 2.46. The van der Waals surface area contributed by atoms with Crippen molar-refractivity contribution in [1.82, 2.24) is 4.90 Å².